The monoisotopic (exact) mass is 499 g/mol. The first-order valence-corrected chi connectivity index (χ1v) is 13.0. The number of sulfone groups is 1. The number of nitrogens with zero attached hydrogens (tertiary/aromatic N) is 6. The number of rotatable bonds is 7. The average molecular weight is 500 g/mol. The van der Waals surface area contributed by atoms with Crippen molar-refractivity contribution in [1.29, 1.82) is 0 Å². The minimum Gasteiger partial charge on any atom is -0.375 e. The fraction of sp³-hybridized carbons (Fsp3) is 0.375. The maximum absolute atomic E-state index is 14.4. The van der Waals surface area contributed by atoms with E-state index < -0.39 is 15.7 Å². The highest BCUT2D eigenvalue weighted by Gasteiger charge is 2.18. The molecule has 3 aromatic rings. The maximum atomic E-state index is 14.4. The van der Waals surface area contributed by atoms with Gasteiger partial charge in [-0.1, -0.05) is 6.08 Å². The van der Waals surface area contributed by atoms with Crippen molar-refractivity contribution in [1.82, 2.24) is 29.3 Å². The third-order valence-corrected chi connectivity index (χ3v) is 7.90. The zero-order valence-corrected chi connectivity index (χ0v) is 21.2. The van der Waals surface area contributed by atoms with Crippen LogP contribution in [0.2, 0.25) is 0 Å². The molecule has 0 unspecified atom stereocenters. The molecule has 1 aliphatic heterocycles. The van der Waals surface area contributed by atoms with Crippen molar-refractivity contribution in [2.24, 2.45) is 7.05 Å². The number of piperazine rings is 1. The molecule has 4 rings (SSSR count). The van der Waals surface area contributed by atoms with Crippen LogP contribution in [-0.2, 0) is 16.9 Å². The van der Waals surface area contributed by atoms with E-state index in [1.54, 1.807) is 49.0 Å². The van der Waals surface area contributed by atoms with Crippen LogP contribution in [0.3, 0.4) is 0 Å². The highest BCUT2D eigenvalue weighted by molar-refractivity contribution is 7.91. The Morgan fingerprint density at radius 1 is 1.09 bits per heavy atom. The second-order valence-corrected chi connectivity index (χ2v) is 10.8. The fourth-order valence-corrected chi connectivity index (χ4v) is 5.26. The van der Waals surface area contributed by atoms with Crippen LogP contribution in [0, 0.1) is 19.7 Å². The largest absolute Gasteiger partial charge is 0.375 e. The van der Waals surface area contributed by atoms with E-state index in [-0.39, 0.29) is 22.3 Å². The number of hydrogen-bond donors (Lipinski definition) is 1. The maximum Gasteiger partial charge on any atom is 0.227 e. The van der Waals surface area contributed by atoms with Gasteiger partial charge in [0, 0.05) is 38.9 Å². The summed E-state index contributed by atoms with van der Waals surface area (Å²) in [6.45, 7) is 7.27. The molecule has 35 heavy (non-hydrogen) atoms. The summed E-state index contributed by atoms with van der Waals surface area (Å²) in [4.78, 5) is 17.2. The summed E-state index contributed by atoms with van der Waals surface area (Å²) in [7, 11) is 0.381. The van der Waals surface area contributed by atoms with Crippen molar-refractivity contribution in [3.8, 4) is 11.4 Å². The predicted molar refractivity (Wildman–Crippen MR) is 134 cm³/mol. The van der Waals surface area contributed by atoms with Crippen LogP contribution >= 0.6 is 0 Å². The van der Waals surface area contributed by atoms with Gasteiger partial charge >= 0.3 is 0 Å². The molecule has 1 aliphatic rings. The standard InChI is InChI=1S/C24H30FN7O2S/c1-17-14-19(28-24-27-15-20(25)23(29-24)21-16-26-18(2)31(21)4)6-7-22(17)35(33,34)13-5-8-32-11-9-30(3)10-12-32/h5-8,14-16H,9-13H2,1-4H3,(H,27,28,29). The summed E-state index contributed by atoms with van der Waals surface area (Å²) in [5, 5.41) is 3.04. The second kappa shape index (κ2) is 10.1. The summed E-state index contributed by atoms with van der Waals surface area (Å²) < 4.78 is 42.0. The number of hydrogen-bond acceptors (Lipinski definition) is 8. The molecule has 0 radical (unpaired) electrons. The average Bonchev–Trinajstić information content (AvgIpc) is 3.14. The predicted octanol–water partition coefficient (Wildman–Crippen LogP) is 2.91. The molecule has 3 heterocycles. The van der Waals surface area contributed by atoms with Gasteiger partial charge < -0.3 is 19.7 Å². The lowest BCUT2D eigenvalue weighted by molar-refractivity contribution is 0.198. The number of benzene rings is 1. The molecule has 1 N–H and O–H groups in total. The van der Waals surface area contributed by atoms with E-state index in [0.717, 1.165) is 38.2 Å². The van der Waals surface area contributed by atoms with Gasteiger partial charge in [0.2, 0.25) is 5.95 Å². The van der Waals surface area contributed by atoms with Gasteiger partial charge in [-0.2, -0.15) is 0 Å². The summed E-state index contributed by atoms with van der Waals surface area (Å²) in [6.07, 6.45) is 6.25. The van der Waals surface area contributed by atoms with Crippen LogP contribution in [0.4, 0.5) is 16.0 Å². The first-order chi connectivity index (χ1) is 16.6. The SMILES string of the molecule is Cc1cc(Nc2ncc(F)c(-c3cnc(C)n3C)n2)ccc1S(=O)(=O)CC=CN1CCN(C)CC1. The number of imidazole rings is 1. The molecule has 9 nitrogen and oxygen atoms in total. The van der Waals surface area contributed by atoms with Crippen LogP contribution in [0.5, 0.6) is 0 Å². The van der Waals surface area contributed by atoms with Gasteiger partial charge in [-0.3, -0.25) is 0 Å². The summed E-state index contributed by atoms with van der Waals surface area (Å²) in [5.41, 5.74) is 1.88. The molecule has 0 spiro atoms. The van der Waals surface area contributed by atoms with Crippen molar-refractivity contribution >= 4 is 21.5 Å². The van der Waals surface area contributed by atoms with Gasteiger partial charge in [0.1, 0.15) is 11.5 Å². The van der Waals surface area contributed by atoms with Crippen LogP contribution in [0.15, 0.2) is 47.8 Å². The third kappa shape index (κ3) is 5.68. The summed E-state index contributed by atoms with van der Waals surface area (Å²) in [6, 6.07) is 4.95. The van der Waals surface area contributed by atoms with Crippen molar-refractivity contribution in [3.63, 3.8) is 0 Å². The van der Waals surface area contributed by atoms with Crippen LogP contribution in [0.1, 0.15) is 11.4 Å². The molecular formula is C24H30FN7O2S. The van der Waals surface area contributed by atoms with Gasteiger partial charge in [-0.15, -0.1) is 0 Å². The van der Waals surface area contributed by atoms with Gasteiger partial charge in [-0.25, -0.2) is 27.8 Å². The second-order valence-electron chi connectivity index (χ2n) is 8.75. The van der Waals surface area contributed by atoms with E-state index in [0.29, 0.717) is 16.9 Å². The normalized spacial score (nSPS) is 15.2. The number of nitrogens with one attached hydrogen (secondary N) is 1. The molecule has 1 aromatic carbocycles. The summed E-state index contributed by atoms with van der Waals surface area (Å²) >= 11 is 0. The molecule has 1 saturated heterocycles. The van der Waals surface area contributed by atoms with Crippen molar-refractivity contribution in [2.75, 3.05) is 44.3 Å². The number of halogens is 1. The Morgan fingerprint density at radius 2 is 1.83 bits per heavy atom. The zero-order valence-electron chi connectivity index (χ0n) is 20.4. The highest BCUT2D eigenvalue weighted by atomic mass is 32.2. The van der Waals surface area contributed by atoms with Gasteiger partial charge in [0.15, 0.2) is 15.7 Å². The Hall–Kier alpha value is -3.31. The molecule has 0 saturated carbocycles. The van der Waals surface area contributed by atoms with E-state index in [9.17, 15) is 12.8 Å². The highest BCUT2D eigenvalue weighted by Crippen LogP contribution is 2.25. The van der Waals surface area contributed by atoms with E-state index >= 15 is 0 Å². The molecule has 0 amide bonds. The summed E-state index contributed by atoms with van der Waals surface area (Å²) in [5.74, 6) is 0.311. The van der Waals surface area contributed by atoms with Crippen LogP contribution in [0.25, 0.3) is 11.4 Å². The quantitative estimate of drug-likeness (QED) is 0.530. The Morgan fingerprint density at radius 3 is 2.49 bits per heavy atom. The molecular weight excluding hydrogens is 469 g/mol. The number of aromatic nitrogens is 4. The number of aryl methyl sites for hydroxylation is 2. The van der Waals surface area contributed by atoms with Gasteiger partial charge in [0.05, 0.1) is 28.7 Å². The van der Waals surface area contributed by atoms with E-state index in [4.69, 9.17) is 0 Å². The minimum atomic E-state index is -3.49. The molecule has 0 aliphatic carbocycles. The van der Waals surface area contributed by atoms with Crippen molar-refractivity contribution in [2.45, 2.75) is 18.7 Å². The fourth-order valence-electron chi connectivity index (χ4n) is 3.91. The first kappa shape index (κ1) is 24.8. The smallest absolute Gasteiger partial charge is 0.227 e. The van der Waals surface area contributed by atoms with Crippen LogP contribution < -0.4 is 5.32 Å². The number of anilines is 2. The van der Waals surface area contributed by atoms with Crippen molar-refractivity contribution < 1.29 is 12.8 Å². The molecule has 0 atom stereocenters. The van der Waals surface area contributed by atoms with Crippen molar-refractivity contribution in [3.05, 3.63) is 60.1 Å². The lowest BCUT2D eigenvalue weighted by atomic mass is 10.2. The van der Waals surface area contributed by atoms with E-state index in [1.807, 2.05) is 13.1 Å². The van der Waals surface area contributed by atoms with Gasteiger partial charge in [0.25, 0.3) is 0 Å². The molecule has 186 valence electrons. The Labute approximate surface area is 205 Å². The first-order valence-electron chi connectivity index (χ1n) is 11.3. The molecule has 1 fully saturated rings. The minimum absolute atomic E-state index is 0.0680. The third-order valence-electron chi connectivity index (χ3n) is 6.14. The lowest BCUT2D eigenvalue weighted by Gasteiger charge is -2.31. The lowest BCUT2D eigenvalue weighted by Crippen LogP contribution is -2.41. The Bertz CT molecular complexity index is 1350. The molecule has 11 heteroatoms. The Balaban J connectivity index is 1.47. The Kier molecular flexibility index (Phi) is 7.18. The molecule has 2 aromatic heterocycles. The van der Waals surface area contributed by atoms with Gasteiger partial charge in [-0.05, 0) is 50.9 Å². The zero-order chi connectivity index (χ0) is 25.2. The molecule has 0 bridgehead atoms. The van der Waals surface area contributed by atoms with Crippen LogP contribution in [-0.4, -0.2) is 76.7 Å². The topological polar surface area (TPSA) is 96.2 Å². The number of likely N-dealkylation sites (N-methyl/N-ethyl adjacent to an activating group) is 1. The van der Waals surface area contributed by atoms with E-state index in [2.05, 4.69) is 37.1 Å². The van der Waals surface area contributed by atoms with E-state index in [1.165, 1.54) is 0 Å².